The number of alkyl halides is 3. The Morgan fingerprint density at radius 2 is 1.90 bits per heavy atom. The fourth-order valence-electron chi connectivity index (χ4n) is 2.76. The van der Waals surface area contributed by atoms with E-state index in [2.05, 4.69) is 30.3 Å². The first-order chi connectivity index (χ1) is 14.7. The summed E-state index contributed by atoms with van der Waals surface area (Å²) in [4.78, 5) is 15.2. The average molecular weight is 432 g/mol. The lowest BCUT2D eigenvalue weighted by Gasteiger charge is -2.15. The predicted molar refractivity (Wildman–Crippen MR) is 113 cm³/mol. The minimum Gasteiger partial charge on any atom is -0.406 e. The molecule has 7 nitrogen and oxygen atoms in total. The van der Waals surface area contributed by atoms with Gasteiger partial charge in [0, 0.05) is 42.8 Å². The molecule has 0 saturated carbocycles. The van der Waals surface area contributed by atoms with E-state index in [9.17, 15) is 13.2 Å². The summed E-state index contributed by atoms with van der Waals surface area (Å²) < 4.78 is 41.3. The van der Waals surface area contributed by atoms with Crippen molar-refractivity contribution in [2.24, 2.45) is 0 Å². The number of rotatable bonds is 8. The monoisotopic (exact) mass is 432 g/mol. The third-order valence-electron chi connectivity index (χ3n) is 4.22. The smallest absolute Gasteiger partial charge is 0.406 e. The van der Waals surface area contributed by atoms with Crippen LogP contribution in [0.15, 0.2) is 48.8 Å². The van der Waals surface area contributed by atoms with E-state index >= 15 is 0 Å². The topological polar surface area (TPSA) is 75.2 Å². The molecule has 1 aromatic carbocycles. The number of nitrogens with zero attached hydrogens (tertiary/aromatic N) is 4. The van der Waals surface area contributed by atoms with E-state index in [-0.39, 0.29) is 5.75 Å². The van der Waals surface area contributed by atoms with Crippen LogP contribution in [0.5, 0.6) is 5.75 Å². The Labute approximate surface area is 178 Å². The van der Waals surface area contributed by atoms with Crippen LogP contribution in [0.25, 0.3) is 11.3 Å². The van der Waals surface area contributed by atoms with Crippen LogP contribution < -0.4 is 15.4 Å². The van der Waals surface area contributed by atoms with E-state index in [1.165, 1.54) is 18.2 Å². The maximum atomic E-state index is 12.5. The van der Waals surface area contributed by atoms with E-state index in [1.54, 1.807) is 25.4 Å². The van der Waals surface area contributed by atoms with Crippen molar-refractivity contribution in [3.8, 4) is 17.0 Å². The first kappa shape index (κ1) is 22.3. The van der Waals surface area contributed by atoms with Crippen molar-refractivity contribution in [3.05, 3.63) is 54.4 Å². The van der Waals surface area contributed by atoms with Crippen LogP contribution in [0.2, 0.25) is 0 Å². The molecule has 0 aliphatic carbocycles. The molecule has 0 unspecified atom stereocenters. The zero-order valence-electron chi connectivity index (χ0n) is 17.4. The number of aromatic nitrogens is 3. The fourth-order valence-corrected chi connectivity index (χ4v) is 2.76. The van der Waals surface area contributed by atoms with Crippen LogP contribution >= 0.6 is 0 Å². The zero-order valence-corrected chi connectivity index (χ0v) is 17.4. The molecule has 0 aliphatic rings. The Bertz CT molecular complexity index is 1010. The number of aryl methyl sites for hydroxylation is 1. The molecule has 31 heavy (non-hydrogen) atoms. The SMILES string of the molecule is Cc1cc(OC(F)(F)F)ccc1Nc1cc(-c2cccnc2)nc(NCCN(C)C)n1. The quantitative estimate of drug-likeness (QED) is 0.544. The average Bonchev–Trinajstić information content (AvgIpc) is 2.69. The summed E-state index contributed by atoms with van der Waals surface area (Å²) in [5.41, 5.74) is 2.65. The lowest BCUT2D eigenvalue weighted by atomic mass is 10.2. The second-order valence-corrected chi connectivity index (χ2v) is 7.08. The van der Waals surface area contributed by atoms with Gasteiger partial charge in [0.2, 0.25) is 5.95 Å². The number of ether oxygens (including phenoxy) is 1. The Kier molecular flexibility index (Phi) is 6.91. The predicted octanol–water partition coefficient (Wildman–Crippen LogP) is 4.46. The number of anilines is 3. The highest BCUT2D eigenvalue weighted by atomic mass is 19.4. The molecule has 0 saturated heterocycles. The van der Waals surface area contributed by atoms with E-state index < -0.39 is 6.36 Å². The molecular formula is C21H23F3N6O. The molecule has 0 fully saturated rings. The van der Waals surface area contributed by atoms with Crippen LogP contribution in [0.3, 0.4) is 0 Å². The van der Waals surface area contributed by atoms with Gasteiger partial charge in [-0.1, -0.05) is 0 Å². The number of pyridine rings is 1. The van der Waals surface area contributed by atoms with Gasteiger partial charge in [0.25, 0.3) is 0 Å². The van der Waals surface area contributed by atoms with Crippen molar-refractivity contribution in [1.29, 1.82) is 0 Å². The number of hydrogen-bond donors (Lipinski definition) is 2. The summed E-state index contributed by atoms with van der Waals surface area (Å²) in [6.45, 7) is 3.12. The summed E-state index contributed by atoms with van der Waals surface area (Å²) >= 11 is 0. The third-order valence-corrected chi connectivity index (χ3v) is 4.22. The van der Waals surface area contributed by atoms with Crippen LogP contribution in [-0.4, -0.2) is 53.4 Å². The maximum absolute atomic E-state index is 12.5. The first-order valence-corrected chi connectivity index (χ1v) is 9.51. The lowest BCUT2D eigenvalue weighted by molar-refractivity contribution is -0.274. The minimum absolute atomic E-state index is 0.277. The number of benzene rings is 1. The molecule has 2 aromatic heterocycles. The lowest BCUT2D eigenvalue weighted by Crippen LogP contribution is -2.21. The molecule has 0 radical (unpaired) electrons. The van der Waals surface area contributed by atoms with Crippen LogP contribution in [0.4, 0.5) is 30.6 Å². The van der Waals surface area contributed by atoms with E-state index in [1.807, 2.05) is 31.1 Å². The molecule has 0 atom stereocenters. The molecule has 0 spiro atoms. The van der Waals surface area contributed by atoms with Crippen molar-refractivity contribution in [1.82, 2.24) is 19.9 Å². The number of hydrogen-bond acceptors (Lipinski definition) is 7. The second kappa shape index (κ2) is 9.61. The van der Waals surface area contributed by atoms with Crippen LogP contribution in [0, 0.1) is 6.92 Å². The van der Waals surface area contributed by atoms with Crippen molar-refractivity contribution in [3.63, 3.8) is 0 Å². The standard InChI is InChI=1S/C21H23F3N6O/c1-14-11-16(31-21(22,23)24)6-7-17(14)27-19-12-18(15-5-4-8-25-13-15)28-20(29-19)26-9-10-30(2)3/h4-8,11-13H,9-10H2,1-3H3,(H2,26,27,28,29). The van der Waals surface area contributed by atoms with E-state index in [0.29, 0.717) is 35.3 Å². The Morgan fingerprint density at radius 3 is 2.55 bits per heavy atom. The van der Waals surface area contributed by atoms with Crippen molar-refractivity contribution < 1.29 is 17.9 Å². The number of likely N-dealkylation sites (N-methyl/N-ethyl adjacent to an activating group) is 1. The van der Waals surface area contributed by atoms with Gasteiger partial charge < -0.3 is 20.3 Å². The molecule has 0 amide bonds. The first-order valence-electron chi connectivity index (χ1n) is 9.51. The number of nitrogens with one attached hydrogen (secondary N) is 2. The van der Waals surface area contributed by atoms with E-state index in [4.69, 9.17) is 0 Å². The Hall–Kier alpha value is -3.40. The zero-order chi connectivity index (χ0) is 22.4. The van der Waals surface area contributed by atoms with Gasteiger partial charge in [0.1, 0.15) is 11.6 Å². The van der Waals surface area contributed by atoms with Gasteiger partial charge in [-0.3, -0.25) is 4.98 Å². The van der Waals surface area contributed by atoms with Crippen LogP contribution in [-0.2, 0) is 0 Å². The summed E-state index contributed by atoms with van der Waals surface area (Å²) in [6.07, 6.45) is -1.36. The molecule has 3 rings (SSSR count). The van der Waals surface area contributed by atoms with Gasteiger partial charge in [0.05, 0.1) is 5.69 Å². The summed E-state index contributed by atoms with van der Waals surface area (Å²) in [7, 11) is 3.94. The van der Waals surface area contributed by atoms with Gasteiger partial charge in [0.15, 0.2) is 0 Å². The molecule has 0 aliphatic heterocycles. The van der Waals surface area contributed by atoms with Crippen molar-refractivity contribution >= 4 is 17.5 Å². The normalized spacial score (nSPS) is 11.5. The van der Waals surface area contributed by atoms with Crippen molar-refractivity contribution in [2.75, 3.05) is 37.8 Å². The highest BCUT2D eigenvalue weighted by Crippen LogP contribution is 2.29. The maximum Gasteiger partial charge on any atom is 0.573 e. The minimum atomic E-state index is -4.74. The van der Waals surface area contributed by atoms with Gasteiger partial charge in [-0.15, -0.1) is 13.2 Å². The summed E-state index contributed by atoms with van der Waals surface area (Å²) in [5.74, 6) is 0.648. The largest absolute Gasteiger partial charge is 0.573 e. The van der Waals surface area contributed by atoms with Gasteiger partial charge in [-0.2, -0.15) is 4.98 Å². The Balaban J connectivity index is 1.87. The molecular weight excluding hydrogens is 409 g/mol. The summed E-state index contributed by atoms with van der Waals surface area (Å²) in [5, 5.41) is 6.35. The highest BCUT2D eigenvalue weighted by molar-refractivity contribution is 5.68. The molecule has 2 N–H and O–H groups in total. The molecule has 2 heterocycles. The third kappa shape index (κ3) is 6.82. The van der Waals surface area contributed by atoms with Crippen LogP contribution in [0.1, 0.15) is 5.56 Å². The van der Waals surface area contributed by atoms with E-state index in [0.717, 1.165) is 12.1 Å². The second-order valence-electron chi connectivity index (χ2n) is 7.08. The summed E-state index contributed by atoms with van der Waals surface area (Å²) in [6, 6.07) is 9.54. The number of halogens is 3. The van der Waals surface area contributed by atoms with Crippen molar-refractivity contribution in [2.45, 2.75) is 13.3 Å². The Morgan fingerprint density at radius 1 is 1.10 bits per heavy atom. The fraction of sp³-hybridized carbons (Fsp3) is 0.286. The van der Waals surface area contributed by atoms with Gasteiger partial charge >= 0.3 is 6.36 Å². The molecule has 164 valence electrons. The van der Waals surface area contributed by atoms with Gasteiger partial charge in [-0.05, 0) is 56.9 Å². The highest BCUT2D eigenvalue weighted by Gasteiger charge is 2.31. The molecule has 10 heteroatoms. The molecule has 0 bridgehead atoms. The molecule has 3 aromatic rings. The van der Waals surface area contributed by atoms with Gasteiger partial charge in [-0.25, -0.2) is 4.98 Å².